The number of nitrogens with zero attached hydrogens (tertiary/aromatic N) is 6. The Kier molecular flexibility index (Phi) is 5.11. The zero-order valence-corrected chi connectivity index (χ0v) is 15.9. The Morgan fingerprint density at radius 2 is 2.03 bits per heavy atom. The van der Waals surface area contributed by atoms with Gasteiger partial charge in [0.2, 0.25) is 0 Å². The zero-order chi connectivity index (χ0) is 20.2. The van der Waals surface area contributed by atoms with Gasteiger partial charge in [0.25, 0.3) is 0 Å². The van der Waals surface area contributed by atoms with Crippen molar-refractivity contribution < 1.29 is 4.39 Å². The van der Waals surface area contributed by atoms with Crippen LogP contribution in [0.2, 0.25) is 0 Å². The summed E-state index contributed by atoms with van der Waals surface area (Å²) in [6, 6.07) is 10.00. The van der Waals surface area contributed by atoms with Gasteiger partial charge in [0.05, 0.1) is 17.2 Å². The monoisotopic (exact) mass is 386 g/mol. The summed E-state index contributed by atoms with van der Waals surface area (Å²) in [6.07, 6.45) is 11.1. The molecule has 0 aliphatic heterocycles. The number of fused-ring (bicyclic) bond motifs is 1. The lowest BCUT2D eigenvalue weighted by molar-refractivity contribution is 0.627. The van der Waals surface area contributed by atoms with Crippen LogP contribution in [-0.4, -0.2) is 30.5 Å². The van der Waals surface area contributed by atoms with E-state index < -0.39 is 0 Å². The van der Waals surface area contributed by atoms with Crippen LogP contribution in [0.3, 0.4) is 0 Å². The number of aromatic nitrogens is 5. The standard InChI is InChI=1S/C22H19FN6/c1-16(2)14-22(28-13-3-10-26-28)25-12-9-21-27-19-8-11-24-15-20(19)29(21)18-6-4-17(23)5-7-18/h3-8,10-15H,1,9H2,2H3/b22-14+,25-12-. The molecule has 0 radical (unpaired) electrons. The van der Waals surface area contributed by atoms with Crippen LogP contribution in [0, 0.1) is 5.82 Å². The quantitative estimate of drug-likeness (QED) is 0.363. The van der Waals surface area contributed by atoms with Gasteiger partial charge >= 0.3 is 0 Å². The van der Waals surface area contributed by atoms with Gasteiger partial charge in [-0.05, 0) is 49.4 Å². The van der Waals surface area contributed by atoms with Crippen LogP contribution in [0.25, 0.3) is 22.5 Å². The molecule has 0 aliphatic carbocycles. The van der Waals surface area contributed by atoms with E-state index in [1.165, 1.54) is 12.1 Å². The highest BCUT2D eigenvalue weighted by Crippen LogP contribution is 2.21. The Morgan fingerprint density at radius 1 is 1.21 bits per heavy atom. The molecule has 0 atom stereocenters. The lowest BCUT2D eigenvalue weighted by atomic mass is 10.3. The van der Waals surface area contributed by atoms with Crippen LogP contribution in [0.15, 0.2) is 84.4 Å². The maximum atomic E-state index is 13.4. The molecule has 0 saturated carbocycles. The highest BCUT2D eigenvalue weighted by Gasteiger charge is 2.12. The summed E-state index contributed by atoms with van der Waals surface area (Å²) < 4.78 is 17.0. The molecular weight excluding hydrogens is 367 g/mol. The van der Waals surface area contributed by atoms with Gasteiger partial charge in [-0.3, -0.25) is 9.55 Å². The Morgan fingerprint density at radius 3 is 2.76 bits per heavy atom. The largest absolute Gasteiger partial charge is 0.294 e. The van der Waals surface area contributed by atoms with Gasteiger partial charge in [0, 0.05) is 36.9 Å². The third kappa shape index (κ3) is 4.03. The second-order valence-corrected chi connectivity index (χ2v) is 6.52. The van der Waals surface area contributed by atoms with E-state index in [1.54, 1.807) is 41.6 Å². The van der Waals surface area contributed by atoms with E-state index >= 15 is 0 Å². The summed E-state index contributed by atoms with van der Waals surface area (Å²) in [4.78, 5) is 13.5. The van der Waals surface area contributed by atoms with E-state index in [1.807, 2.05) is 35.9 Å². The summed E-state index contributed by atoms with van der Waals surface area (Å²) in [7, 11) is 0. The minimum absolute atomic E-state index is 0.284. The number of hydrogen-bond acceptors (Lipinski definition) is 4. The number of aliphatic imine (C=N–C) groups is 1. The van der Waals surface area contributed by atoms with Gasteiger partial charge in [-0.15, -0.1) is 0 Å². The summed E-state index contributed by atoms with van der Waals surface area (Å²) in [6.45, 7) is 5.82. The first kappa shape index (κ1) is 18.5. The minimum Gasteiger partial charge on any atom is -0.294 e. The highest BCUT2D eigenvalue weighted by molar-refractivity contribution is 5.78. The van der Waals surface area contributed by atoms with Crippen molar-refractivity contribution in [3.63, 3.8) is 0 Å². The summed E-state index contributed by atoms with van der Waals surface area (Å²) in [5.41, 5.74) is 3.36. The fourth-order valence-electron chi connectivity index (χ4n) is 3.00. The van der Waals surface area contributed by atoms with E-state index in [0.717, 1.165) is 28.1 Å². The van der Waals surface area contributed by atoms with Crippen molar-refractivity contribution in [2.75, 3.05) is 0 Å². The number of rotatable bonds is 6. The summed E-state index contributed by atoms with van der Waals surface area (Å²) in [5, 5.41) is 4.23. The third-order valence-electron chi connectivity index (χ3n) is 4.22. The lowest BCUT2D eigenvalue weighted by Gasteiger charge is -2.08. The molecule has 0 N–H and O–H groups in total. The van der Waals surface area contributed by atoms with E-state index in [2.05, 4.69) is 21.7 Å². The third-order valence-corrected chi connectivity index (χ3v) is 4.22. The number of imidazole rings is 1. The van der Waals surface area contributed by atoms with Crippen LogP contribution in [0.5, 0.6) is 0 Å². The first-order valence-electron chi connectivity index (χ1n) is 9.09. The normalized spacial score (nSPS) is 12.1. The van der Waals surface area contributed by atoms with E-state index in [-0.39, 0.29) is 5.82 Å². The molecule has 4 aromatic rings. The van der Waals surface area contributed by atoms with Crippen molar-refractivity contribution >= 4 is 23.1 Å². The highest BCUT2D eigenvalue weighted by atomic mass is 19.1. The molecule has 0 unspecified atom stereocenters. The van der Waals surface area contributed by atoms with Crippen molar-refractivity contribution in [1.29, 1.82) is 0 Å². The first-order valence-corrected chi connectivity index (χ1v) is 9.09. The van der Waals surface area contributed by atoms with Crippen molar-refractivity contribution in [2.45, 2.75) is 13.3 Å². The van der Waals surface area contributed by atoms with Crippen molar-refractivity contribution in [1.82, 2.24) is 24.3 Å². The van der Waals surface area contributed by atoms with Crippen LogP contribution in [-0.2, 0) is 6.42 Å². The first-order chi connectivity index (χ1) is 14.1. The van der Waals surface area contributed by atoms with Gasteiger partial charge < -0.3 is 0 Å². The second-order valence-electron chi connectivity index (χ2n) is 6.52. The topological polar surface area (TPSA) is 60.9 Å². The summed E-state index contributed by atoms with van der Waals surface area (Å²) >= 11 is 0. The number of pyridine rings is 1. The van der Waals surface area contributed by atoms with Gasteiger partial charge in [0.1, 0.15) is 11.6 Å². The molecule has 3 aromatic heterocycles. The van der Waals surface area contributed by atoms with Crippen LogP contribution in [0.4, 0.5) is 4.39 Å². The molecule has 0 bridgehead atoms. The molecule has 144 valence electrons. The molecule has 0 saturated heterocycles. The Balaban J connectivity index is 1.71. The van der Waals surface area contributed by atoms with Gasteiger partial charge in [-0.1, -0.05) is 12.2 Å². The number of halogens is 1. The van der Waals surface area contributed by atoms with Gasteiger partial charge in [-0.25, -0.2) is 19.0 Å². The molecule has 0 spiro atoms. The smallest absolute Gasteiger partial charge is 0.153 e. The molecule has 0 amide bonds. The fraction of sp³-hybridized carbons (Fsp3) is 0.0909. The van der Waals surface area contributed by atoms with Gasteiger partial charge in [0.15, 0.2) is 5.82 Å². The van der Waals surface area contributed by atoms with Crippen molar-refractivity contribution in [3.05, 3.63) is 91.1 Å². The van der Waals surface area contributed by atoms with E-state index in [9.17, 15) is 4.39 Å². The molecule has 0 fully saturated rings. The number of hydrogen-bond donors (Lipinski definition) is 0. The van der Waals surface area contributed by atoms with Gasteiger partial charge in [-0.2, -0.15) is 5.10 Å². The zero-order valence-electron chi connectivity index (χ0n) is 15.9. The molecule has 6 nitrogen and oxygen atoms in total. The predicted octanol–water partition coefficient (Wildman–Crippen LogP) is 4.44. The molecule has 29 heavy (non-hydrogen) atoms. The molecular formula is C22H19FN6. The maximum absolute atomic E-state index is 13.4. The molecule has 7 heteroatoms. The molecule has 0 aliphatic rings. The predicted molar refractivity (Wildman–Crippen MR) is 112 cm³/mol. The van der Waals surface area contributed by atoms with Crippen LogP contribution < -0.4 is 0 Å². The summed E-state index contributed by atoms with van der Waals surface area (Å²) in [5.74, 6) is 1.15. The SMILES string of the molecule is C=C(C)/C=C(\N=C/Cc1nc2ccncc2n1-c1ccc(F)cc1)n1cccn1. The minimum atomic E-state index is -0.284. The maximum Gasteiger partial charge on any atom is 0.153 e. The van der Waals surface area contributed by atoms with Crippen LogP contribution >= 0.6 is 0 Å². The number of allylic oxidation sites excluding steroid dienone is 2. The fourth-order valence-corrected chi connectivity index (χ4v) is 3.00. The molecule has 3 heterocycles. The Hall–Kier alpha value is -3.87. The average Bonchev–Trinajstić information content (AvgIpc) is 3.35. The lowest BCUT2D eigenvalue weighted by Crippen LogP contribution is -2.03. The van der Waals surface area contributed by atoms with E-state index in [0.29, 0.717) is 12.2 Å². The Bertz CT molecular complexity index is 1200. The van der Waals surface area contributed by atoms with Crippen molar-refractivity contribution in [3.8, 4) is 5.69 Å². The average molecular weight is 386 g/mol. The second kappa shape index (κ2) is 8.02. The Labute approximate surface area is 167 Å². The van der Waals surface area contributed by atoms with Crippen molar-refractivity contribution in [2.24, 2.45) is 4.99 Å². The molecule has 1 aromatic carbocycles. The number of benzene rings is 1. The van der Waals surface area contributed by atoms with E-state index in [4.69, 9.17) is 4.98 Å². The molecule has 4 rings (SSSR count). The van der Waals surface area contributed by atoms with Crippen LogP contribution in [0.1, 0.15) is 12.7 Å².